The largest absolute Gasteiger partial charge is 0.484 e. The molecule has 8 nitrogen and oxygen atoms in total. The van der Waals surface area contributed by atoms with E-state index in [-0.39, 0.29) is 17.4 Å². The topological polar surface area (TPSA) is 96.7 Å². The molecule has 1 atom stereocenters. The van der Waals surface area contributed by atoms with Crippen molar-refractivity contribution in [2.75, 3.05) is 6.61 Å². The first kappa shape index (κ1) is 21.0. The lowest BCUT2D eigenvalue weighted by Gasteiger charge is -2.27. The SMILES string of the molecule is C[n+]1[nH]nnc1C(NC(=O)c1cc(OCC(F)(F)F)c(C2CC2)cn1)C(C)(C)C. The van der Waals surface area contributed by atoms with Crippen molar-refractivity contribution in [3.05, 3.63) is 29.3 Å². The Bertz CT molecular complexity index is 886. The molecule has 11 heteroatoms. The van der Waals surface area contributed by atoms with Gasteiger partial charge in [0.2, 0.25) is 0 Å². The molecule has 2 aromatic rings. The molecule has 29 heavy (non-hydrogen) atoms. The Morgan fingerprint density at radius 2 is 2.07 bits per heavy atom. The van der Waals surface area contributed by atoms with Crippen molar-refractivity contribution in [1.29, 1.82) is 0 Å². The fraction of sp³-hybridized carbons (Fsp3) is 0.611. The number of nitrogens with one attached hydrogen (secondary N) is 2. The second kappa shape index (κ2) is 7.60. The number of hydrogen-bond acceptors (Lipinski definition) is 5. The first-order chi connectivity index (χ1) is 13.5. The van der Waals surface area contributed by atoms with Gasteiger partial charge in [-0.3, -0.25) is 9.78 Å². The molecule has 2 N–H and O–H groups in total. The third-order valence-electron chi connectivity index (χ3n) is 4.63. The number of carbonyl (C=O) groups is 1. The van der Waals surface area contributed by atoms with Gasteiger partial charge in [0.1, 0.15) is 22.6 Å². The van der Waals surface area contributed by atoms with Crippen LogP contribution in [0.25, 0.3) is 0 Å². The zero-order valence-corrected chi connectivity index (χ0v) is 16.7. The lowest BCUT2D eigenvalue weighted by molar-refractivity contribution is -0.740. The monoisotopic (exact) mass is 413 g/mol. The van der Waals surface area contributed by atoms with Crippen LogP contribution in [0, 0.1) is 5.41 Å². The Morgan fingerprint density at radius 1 is 1.38 bits per heavy atom. The van der Waals surface area contributed by atoms with E-state index in [9.17, 15) is 18.0 Å². The molecule has 158 valence electrons. The number of amides is 1. The summed E-state index contributed by atoms with van der Waals surface area (Å²) in [6, 6.07) is 0.764. The van der Waals surface area contributed by atoms with Gasteiger partial charge in [-0.1, -0.05) is 26.0 Å². The molecule has 0 spiro atoms. The number of rotatable bonds is 6. The first-order valence-corrected chi connectivity index (χ1v) is 9.23. The lowest BCUT2D eigenvalue weighted by atomic mass is 9.86. The number of aromatic nitrogens is 5. The van der Waals surface area contributed by atoms with Crippen molar-refractivity contribution < 1.29 is 27.4 Å². The molecular weight excluding hydrogens is 389 g/mol. The quantitative estimate of drug-likeness (QED) is 0.709. The standard InChI is InChI=1S/C18H23F3N6O2/c1-17(2,3)14(15-24-25-26-27(15)4)23-16(28)12-7-13(29-9-18(19,20)21)11(8-22-12)10-5-6-10/h7-8,10,14H,5-6,9H2,1-4H3,(H,23,28)/p+1. The Morgan fingerprint density at radius 3 is 2.59 bits per heavy atom. The van der Waals surface area contributed by atoms with E-state index in [0.717, 1.165) is 12.8 Å². The van der Waals surface area contributed by atoms with Crippen molar-refractivity contribution in [2.24, 2.45) is 12.5 Å². The minimum Gasteiger partial charge on any atom is -0.484 e. The highest BCUT2D eigenvalue weighted by Gasteiger charge is 2.37. The van der Waals surface area contributed by atoms with Crippen LogP contribution in [0.1, 0.15) is 67.4 Å². The van der Waals surface area contributed by atoms with E-state index in [4.69, 9.17) is 4.74 Å². The lowest BCUT2D eigenvalue weighted by Crippen LogP contribution is -2.46. The molecule has 1 unspecified atom stereocenters. The molecule has 1 amide bonds. The molecule has 3 rings (SSSR count). The van der Waals surface area contributed by atoms with Gasteiger partial charge < -0.3 is 10.1 Å². The summed E-state index contributed by atoms with van der Waals surface area (Å²) in [5.41, 5.74) is 0.168. The van der Waals surface area contributed by atoms with E-state index >= 15 is 0 Å². The molecule has 1 saturated carbocycles. The van der Waals surface area contributed by atoms with E-state index < -0.39 is 30.1 Å². The van der Waals surface area contributed by atoms with Gasteiger partial charge in [0.05, 0.1) is 7.05 Å². The maximum absolute atomic E-state index is 12.8. The van der Waals surface area contributed by atoms with Gasteiger partial charge in [0.25, 0.3) is 5.91 Å². The number of aryl methyl sites for hydroxylation is 1. The summed E-state index contributed by atoms with van der Waals surface area (Å²) < 4.78 is 44.4. The first-order valence-electron chi connectivity index (χ1n) is 9.23. The number of tetrazole rings is 1. The van der Waals surface area contributed by atoms with Crippen molar-refractivity contribution >= 4 is 5.91 Å². The molecule has 2 heterocycles. The Balaban J connectivity index is 1.85. The summed E-state index contributed by atoms with van der Waals surface area (Å²) in [4.78, 5) is 17.0. The number of halogens is 3. The van der Waals surface area contributed by atoms with Crippen molar-refractivity contribution in [1.82, 2.24) is 25.8 Å². The maximum atomic E-state index is 12.8. The van der Waals surface area contributed by atoms with Gasteiger partial charge in [-0.2, -0.15) is 17.9 Å². The summed E-state index contributed by atoms with van der Waals surface area (Å²) in [6.07, 6.45) is -1.30. The Kier molecular flexibility index (Phi) is 5.50. The number of carbonyl (C=O) groups excluding carboxylic acids is 1. The molecule has 2 aromatic heterocycles. The highest BCUT2D eigenvalue weighted by atomic mass is 19.4. The van der Waals surface area contributed by atoms with Crippen LogP contribution in [-0.4, -0.2) is 39.2 Å². The minimum absolute atomic E-state index is 0.0213. The van der Waals surface area contributed by atoms with Gasteiger partial charge in [-0.05, 0) is 24.2 Å². The predicted molar refractivity (Wildman–Crippen MR) is 95.0 cm³/mol. The molecule has 0 aromatic carbocycles. The second-order valence-electron chi connectivity index (χ2n) is 8.28. The van der Waals surface area contributed by atoms with Crippen LogP contribution in [-0.2, 0) is 7.05 Å². The molecule has 0 saturated heterocycles. The maximum Gasteiger partial charge on any atom is 0.422 e. The zero-order chi connectivity index (χ0) is 21.4. The molecule has 1 aliphatic rings. The van der Waals surface area contributed by atoms with E-state index in [1.807, 2.05) is 20.8 Å². The minimum atomic E-state index is -4.47. The van der Waals surface area contributed by atoms with Crippen molar-refractivity contribution in [3.63, 3.8) is 0 Å². The van der Waals surface area contributed by atoms with Crippen molar-refractivity contribution in [3.8, 4) is 5.75 Å². The molecule has 0 aliphatic heterocycles. The third-order valence-corrected chi connectivity index (χ3v) is 4.63. The van der Waals surface area contributed by atoms with Gasteiger partial charge in [0.15, 0.2) is 11.8 Å². The van der Waals surface area contributed by atoms with Crippen LogP contribution in [0.3, 0.4) is 0 Å². The summed E-state index contributed by atoms with van der Waals surface area (Å²) in [7, 11) is 1.71. The molecular formula is C18H24F3N6O2+. The van der Waals surface area contributed by atoms with Crippen molar-refractivity contribution in [2.45, 2.75) is 51.7 Å². The van der Waals surface area contributed by atoms with E-state index in [1.54, 1.807) is 11.7 Å². The van der Waals surface area contributed by atoms with Crippen LogP contribution in [0.15, 0.2) is 12.3 Å². The van der Waals surface area contributed by atoms with Crippen LogP contribution in [0.4, 0.5) is 13.2 Å². The smallest absolute Gasteiger partial charge is 0.422 e. The predicted octanol–water partition coefficient (Wildman–Crippen LogP) is 2.36. The number of aromatic amines is 1. The van der Waals surface area contributed by atoms with Gasteiger partial charge in [-0.15, -0.1) is 0 Å². The number of hydrogen-bond donors (Lipinski definition) is 2. The van der Waals surface area contributed by atoms with Crippen LogP contribution in [0.2, 0.25) is 0 Å². The highest BCUT2D eigenvalue weighted by molar-refractivity contribution is 5.93. The molecule has 0 radical (unpaired) electrons. The summed E-state index contributed by atoms with van der Waals surface area (Å²) >= 11 is 0. The highest BCUT2D eigenvalue weighted by Crippen LogP contribution is 2.44. The fourth-order valence-corrected chi connectivity index (χ4v) is 2.94. The Hall–Kier alpha value is -2.72. The summed E-state index contributed by atoms with van der Waals surface area (Å²) in [5.74, 6) is 0.143. The molecule has 0 bridgehead atoms. The van der Waals surface area contributed by atoms with Crippen LogP contribution in [0.5, 0.6) is 5.75 Å². The van der Waals surface area contributed by atoms with Gasteiger partial charge >= 0.3 is 12.0 Å². The number of alkyl halides is 3. The molecule has 1 fully saturated rings. The fourth-order valence-electron chi connectivity index (χ4n) is 2.94. The second-order valence-corrected chi connectivity index (χ2v) is 8.28. The Labute approximate surface area is 165 Å². The summed E-state index contributed by atoms with van der Waals surface area (Å²) in [5, 5.41) is 13.3. The number of pyridine rings is 1. The number of nitrogens with zero attached hydrogens (tertiary/aromatic N) is 4. The average molecular weight is 413 g/mol. The van der Waals surface area contributed by atoms with Crippen LogP contribution >= 0.6 is 0 Å². The molecule has 1 aliphatic carbocycles. The van der Waals surface area contributed by atoms with Gasteiger partial charge in [-0.25, -0.2) is 0 Å². The van der Waals surface area contributed by atoms with E-state index in [0.29, 0.717) is 11.4 Å². The summed E-state index contributed by atoms with van der Waals surface area (Å²) in [6.45, 7) is 4.35. The number of ether oxygens (including phenoxy) is 1. The van der Waals surface area contributed by atoms with E-state index in [2.05, 4.69) is 25.8 Å². The van der Waals surface area contributed by atoms with Gasteiger partial charge in [0, 0.05) is 17.8 Å². The van der Waals surface area contributed by atoms with E-state index in [1.165, 1.54) is 12.3 Å². The third kappa shape index (κ3) is 5.21. The number of H-pyrrole nitrogens is 1. The van der Waals surface area contributed by atoms with Crippen LogP contribution < -0.4 is 14.7 Å². The zero-order valence-electron chi connectivity index (χ0n) is 16.7. The normalized spacial score (nSPS) is 15.8. The average Bonchev–Trinajstić information content (AvgIpc) is 3.37.